The van der Waals surface area contributed by atoms with Crippen LogP contribution >= 0.6 is 0 Å². The third kappa shape index (κ3) is 2.95. The molecule has 5 heteroatoms. The van der Waals surface area contributed by atoms with Crippen LogP contribution in [-0.4, -0.2) is 27.2 Å². The topological polar surface area (TPSA) is 58.5 Å². The van der Waals surface area contributed by atoms with Gasteiger partial charge in [-0.05, 0) is 36.1 Å². The van der Waals surface area contributed by atoms with Crippen molar-refractivity contribution in [1.29, 1.82) is 0 Å². The van der Waals surface area contributed by atoms with Crippen molar-refractivity contribution in [3.05, 3.63) is 100 Å². The summed E-state index contributed by atoms with van der Waals surface area (Å²) in [6.45, 7) is 4.24. The van der Waals surface area contributed by atoms with E-state index >= 15 is 0 Å². The SMILES string of the molecule is CC1(C)N=C(c2ccc(-c3ccccc3)cc2)C2C(c3ccc([N+](=O)[O-])cc3)N21. The summed E-state index contributed by atoms with van der Waals surface area (Å²) in [6.07, 6.45) is 0. The summed E-state index contributed by atoms with van der Waals surface area (Å²) in [5, 5.41) is 10.9. The standard InChI is InChI=1S/C24H21N3O2/c1-24(2)25-21(18-10-8-17(9-11-18)16-6-4-3-5-7-16)23-22(26(23)24)19-12-14-20(15-13-19)27(28)29/h3-15,22-23H,1-2H3. The van der Waals surface area contributed by atoms with Crippen LogP contribution in [0.5, 0.6) is 0 Å². The summed E-state index contributed by atoms with van der Waals surface area (Å²) in [7, 11) is 0. The van der Waals surface area contributed by atoms with Crippen LogP contribution in [0.4, 0.5) is 5.69 Å². The van der Waals surface area contributed by atoms with Crippen molar-refractivity contribution < 1.29 is 4.92 Å². The molecule has 144 valence electrons. The lowest BCUT2D eigenvalue weighted by Gasteiger charge is -2.20. The Morgan fingerprint density at radius 1 is 0.828 bits per heavy atom. The molecule has 3 aromatic carbocycles. The second kappa shape index (κ2) is 6.36. The first-order valence-electron chi connectivity index (χ1n) is 9.74. The van der Waals surface area contributed by atoms with Crippen molar-refractivity contribution in [1.82, 2.24) is 4.90 Å². The Morgan fingerprint density at radius 3 is 2.03 bits per heavy atom. The van der Waals surface area contributed by atoms with Gasteiger partial charge in [-0.25, -0.2) is 0 Å². The Kier molecular flexibility index (Phi) is 3.89. The number of nitro benzene ring substituents is 1. The zero-order valence-electron chi connectivity index (χ0n) is 16.3. The Balaban J connectivity index is 1.43. The van der Waals surface area contributed by atoms with E-state index in [2.05, 4.69) is 55.1 Å². The molecule has 0 spiro atoms. The molecule has 3 aromatic rings. The van der Waals surface area contributed by atoms with Gasteiger partial charge in [0.15, 0.2) is 0 Å². The molecule has 3 atom stereocenters. The van der Waals surface area contributed by atoms with Crippen molar-refractivity contribution in [2.45, 2.75) is 31.6 Å². The lowest BCUT2D eigenvalue weighted by Crippen LogP contribution is -2.25. The molecule has 1 saturated heterocycles. The minimum atomic E-state index is -0.358. The minimum absolute atomic E-state index is 0.124. The first-order valence-corrected chi connectivity index (χ1v) is 9.74. The number of benzene rings is 3. The largest absolute Gasteiger partial charge is 0.269 e. The van der Waals surface area contributed by atoms with Gasteiger partial charge in [-0.15, -0.1) is 0 Å². The molecule has 2 aliphatic rings. The Hall–Kier alpha value is -3.31. The number of hydrogen-bond acceptors (Lipinski definition) is 4. The summed E-state index contributed by atoms with van der Waals surface area (Å²) < 4.78 is 0. The quantitative estimate of drug-likeness (QED) is 0.352. The lowest BCUT2D eigenvalue weighted by molar-refractivity contribution is -0.384. The summed E-state index contributed by atoms with van der Waals surface area (Å²) >= 11 is 0. The number of fused-ring (bicyclic) bond motifs is 1. The van der Waals surface area contributed by atoms with Crippen LogP contribution in [0.15, 0.2) is 83.9 Å². The van der Waals surface area contributed by atoms with Gasteiger partial charge in [0.25, 0.3) is 5.69 Å². The van der Waals surface area contributed by atoms with Crippen molar-refractivity contribution in [2.75, 3.05) is 0 Å². The van der Waals surface area contributed by atoms with Gasteiger partial charge < -0.3 is 0 Å². The van der Waals surface area contributed by atoms with E-state index in [0.29, 0.717) is 0 Å². The molecule has 1 fully saturated rings. The smallest absolute Gasteiger partial charge is 0.266 e. The Bertz CT molecular complexity index is 1100. The first-order chi connectivity index (χ1) is 14.0. The van der Waals surface area contributed by atoms with Crippen molar-refractivity contribution in [3.8, 4) is 11.1 Å². The van der Waals surface area contributed by atoms with Crippen LogP contribution in [0.1, 0.15) is 31.0 Å². The molecule has 2 aliphatic heterocycles. The van der Waals surface area contributed by atoms with E-state index in [9.17, 15) is 10.1 Å². The summed E-state index contributed by atoms with van der Waals surface area (Å²) in [5.41, 5.74) is 5.55. The minimum Gasteiger partial charge on any atom is -0.266 e. The maximum absolute atomic E-state index is 10.9. The van der Waals surface area contributed by atoms with E-state index in [1.54, 1.807) is 12.1 Å². The molecule has 2 heterocycles. The molecule has 0 radical (unpaired) electrons. The van der Waals surface area contributed by atoms with Crippen molar-refractivity contribution >= 4 is 11.4 Å². The molecular weight excluding hydrogens is 362 g/mol. The number of rotatable bonds is 4. The van der Waals surface area contributed by atoms with E-state index in [1.807, 2.05) is 30.3 Å². The molecule has 5 nitrogen and oxygen atoms in total. The van der Waals surface area contributed by atoms with E-state index in [4.69, 9.17) is 4.99 Å². The summed E-state index contributed by atoms with van der Waals surface area (Å²) in [6, 6.07) is 26.3. The molecule has 0 saturated carbocycles. The van der Waals surface area contributed by atoms with E-state index in [0.717, 1.165) is 16.8 Å². The summed E-state index contributed by atoms with van der Waals surface area (Å²) in [4.78, 5) is 17.9. The highest BCUT2D eigenvalue weighted by Gasteiger charge is 2.62. The predicted molar refractivity (Wildman–Crippen MR) is 114 cm³/mol. The monoisotopic (exact) mass is 383 g/mol. The Morgan fingerprint density at radius 2 is 1.41 bits per heavy atom. The highest BCUT2D eigenvalue weighted by molar-refractivity contribution is 6.09. The van der Waals surface area contributed by atoms with Crippen molar-refractivity contribution in [3.63, 3.8) is 0 Å². The predicted octanol–water partition coefficient (Wildman–Crippen LogP) is 5.23. The number of aliphatic imine (C=N–C) groups is 1. The number of non-ortho nitro benzene ring substituents is 1. The van der Waals surface area contributed by atoms with Crippen LogP contribution in [-0.2, 0) is 0 Å². The maximum atomic E-state index is 10.9. The molecule has 0 amide bonds. The van der Waals surface area contributed by atoms with Gasteiger partial charge in [0.05, 0.1) is 22.7 Å². The maximum Gasteiger partial charge on any atom is 0.269 e. The van der Waals surface area contributed by atoms with Gasteiger partial charge in [0.1, 0.15) is 5.66 Å². The zero-order chi connectivity index (χ0) is 20.2. The Labute approximate surface area is 169 Å². The molecule has 5 rings (SSSR count). The average molecular weight is 383 g/mol. The summed E-state index contributed by atoms with van der Waals surface area (Å²) in [5.74, 6) is 0. The zero-order valence-corrected chi connectivity index (χ0v) is 16.3. The van der Waals surface area contributed by atoms with Gasteiger partial charge >= 0.3 is 0 Å². The highest BCUT2D eigenvalue weighted by Crippen LogP contribution is 2.55. The second-order valence-corrected chi connectivity index (χ2v) is 8.08. The van der Waals surface area contributed by atoms with Crippen LogP contribution in [0.25, 0.3) is 11.1 Å². The fourth-order valence-corrected chi connectivity index (χ4v) is 4.45. The van der Waals surface area contributed by atoms with Gasteiger partial charge in [-0.1, -0.05) is 66.7 Å². The third-order valence-corrected chi connectivity index (χ3v) is 5.85. The molecular formula is C24H21N3O2. The van der Waals surface area contributed by atoms with E-state index in [1.165, 1.54) is 11.1 Å². The average Bonchev–Trinajstić information content (AvgIpc) is 3.43. The number of hydrogen-bond donors (Lipinski definition) is 0. The molecule has 29 heavy (non-hydrogen) atoms. The lowest BCUT2D eigenvalue weighted by atomic mass is 9.98. The van der Waals surface area contributed by atoms with E-state index in [-0.39, 0.29) is 28.4 Å². The second-order valence-electron chi connectivity index (χ2n) is 8.08. The molecule has 0 N–H and O–H groups in total. The van der Waals surface area contributed by atoms with Crippen LogP contribution in [0.3, 0.4) is 0 Å². The van der Waals surface area contributed by atoms with E-state index < -0.39 is 0 Å². The van der Waals surface area contributed by atoms with Crippen LogP contribution < -0.4 is 0 Å². The van der Waals surface area contributed by atoms with Gasteiger partial charge in [0, 0.05) is 12.1 Å². The number of nitrogens with zero attached hydrogens (tertiary/aromatic N) is 3. The molecule has 0 bridgehead atoms. The van der Waals surface area contributed by atoms with Crippen molar-refractivity contribution in [2.24, 2.45) is 4.99 Å². The highest BCUT2D eigenvalue weighted by atomic mass is 16.6. The molecule has 0 aliphatic carbocycles. The van der Waals surface area contributed by atoms with Gasteiger partial charge in [0.2, 0.25) is 0 Å². The van der Waals surface area contributed by atoms with Gasteiger partial charge in [-0.2, -0.15) is 0 Å². The molecule has 0 aromatic heterocycles. The normalized spacial score (nSPS) is 23.9. The van der Waals surface area contributed by atoms with Crippen LogP contribution in [0, 0.1) is 10.1 Å². The number of nitro groups is 1. The fraction of sp³-hybridized carbons (Fsp3) is 0.208. The third-order valence-electron chi connectivity index (χ3n) is 5.85. The fourth-order valence-electron chi connectivity index (χ4n) is 4.45. The first kappa shape index (κ1) is 17.8. The molecule has 3 unspecified atom stereocenters. The van der Waals surface area contributed by atoms with Crippen LogP contribution in [0.2, 0.25) is 0 Å². The van der Waals surface area contributed by atoms with Gasteiger partial charge in [-0.3, -0.25) is 20.0 Å².